The summed E-state index contributed by atoms with van der Waals surface area (Å²) in [5.41, 5.74) is 5.98. The Balaban J connectivity index is 1.93. The van der Waals surface area contributed by atoms with Crippen molar-refractivity contribution >= 4 is 33.0 Å². The molecule has 3 aromatic heterocycles. The summed E-state index contributed by atoms with van der Waals surface area (Å²) in [5.74, 6) is 7.02. The van der Waals surface area contributed by atoms with Gasteiger partial charge in [0.05, 0.1) is 13.1 Å². The second-order valence-corrected chi connectivity index (χ2v) is 8.17. The van der Waals surface area contributed by atoms with Crippen molar-refractivity contribution in [1.29, 1.82) is 0 Å². The van der Waals surface area contributed by atoms with Crippen LogP contribution in [0.15, 0.2) is 30.8 Å². The van der Waals surface area contributed by atoms with E-state index in [9.17, 15) is 9.59 Å². The third kappa shape index (κ3) is 3.59. The van der Waals surface area contributed by atoms with Gasteiger partial charge in [0.1, 0.15) is 5.76 Å². The first kappa shape index (κ1) is 20.5. The largest absolute Gasteiger partial charge is 0.452 e. The Morgan fingerprint density at radius 2 is 2.13 bits per heavy atom. The zero-order valence-corrected chi connectivity index (χ0v) is 18.5. The number of nitrogens with zero attached hydrogens (tertiary/aromatic N) is 5. The SMILES string of the molecule is CC#CCn1c(N2CCCC(N)C2)nc2c1c(=O)n(Cc1ccc(Br)o1)c(=O)n2C. The number of anilines is 1. The van der Waals surface area contributed by atoms with Gasteiger partial charge in [-0.05, 0) is 47.8 Å². The molecule has 4 rings (SSSR count). The molecule has 1 unspecified atom stereocenters. The molecule has 1 saturated heterocycles. The minimum Gasteiger partial charge on any atom is -0.452 e. The fourth-order valence-electron chi connectivity index (χ4n) is 3.83. The average Bonchev–Trinajstić information content (AvgIpc) is 3.31. The average molecular weight is 475 g/mol. The van der Waals surface area contributed by atoms with Crippen molar-refractivity contribution in [3.05, 3.63) is 43.4 Å². The van der Waals surface area contributed by atoms with Crippen LogP contribution in [0.4, 0.5) is 5.95 Å². The molecule has 0 spiro atoms. The highest BCUT2D eigenvalue weighted by atomic mass is 79.9. The number of fused-ring (bicyclic) bond motifs is 1. The Morgan fingerprint density at radius 3 is 2.80 bits per heavy atom. The first-order chi connectivity index (χ1) is 14.4. The maximum Gasteiger partial charge on any atom is 0.332 e. The van der Waals surface area contributed by atoms with Crippen molar-refractivity contribution < 1.29 is 4.42 Å². The van der Waals surface area contributed by atoms with Gasteiger partial charge in [0, 0.05) is 26.2 Å². The Bertz CT molecular complexity index is 1270. The van der Waals surface area contributed by atoms with Gasteiger partial charge in [-0.1, -0.05) is 5.92 Å². The Labute approximate surface area is 181 Å². The highest BCUT2D eigenvalue weighted by Gasteiger charge is 2.26. The molecule has 4 heterocycles. The summed E-state index contributed by atoms with van der Waals surface area (Å²) in [6.07, 6.45) is 1.90. The number of aryl methyl sites for hydroxylation is 1. The number of aromatic nitrogens is 4. The highest BCUT2D eigenvalue weighted by molar-refractivity contribution is 9.10. The molecule has 0 amide bonds. The lowest BCUT2D eigenvalue weighted by atomic mass is 10.1. The number of hydrogen-bond donors (Lipinski definition) is 1. The monoisotopic (exact) mass is 474 g/mol. The van der Waals surface area contributed by atoms with Crippen molar-refractivity contribution in [1.82, 2.24) is 18.7 Å². The van der Waals surface area contributed by atoms with E-state index in [1.807, 2.05) is 0 Å². The van der Waals surface area contributed by atoms with Crippen LogP contribution in [0.25, 0.3) is 11.2 Å². The van der Waals surface area contributed by atoms with Crippen LogP contribution in [-0.4, -0.2) is 37.8 Å². The molecule has 10 heteroatoms. The van der Waals surface area contributed by atoms with Gasteiger partial charge in [-0.3, -0.25) is 18.5 Å². The van der Waals surface area contributed by atoms with E-state index in [-0.39, 0.29) is 12.6 Å². The van der Waals surface area contributed by atoms with Crippen molar-refractivity contribution in [3.63, 3.8) is 0 Å². The van der Waals surface area contributed by atoms with Gasteiger partial charge in [-0.2, -0.15) is 4.98 Å². The van der Waals surface area contributed by atoms with E-state index in [0.29, 0.717) is 40.6 Å². The predicted octanol–water partition coefficient (Wildman–Crippen LogP) is 1.25. The van der Waals surface area contributed by atoms with E-state index in [0.717, 1.165) is 24.0 Å². The summed E-state index contributed by atoms with van der Waals surface area (Å²) < 4.78 is 10.4. The summed E-state index contributed by atoms with van der Waals surface area (Å²) >= 11 is 3.25. The zero-order valence-electron chi connectivity index (χ0n) is 16.9. The van der Waals surface area contributed by atoms with Crippen LogP contribution in [-0.2, 0) is 20.1 Å². The van der Waals surface area contributed by atoms with Gasteiger partial charge in [0.15, 0.2) is 15.8 Å². The lowest BCUT2D eigenvalue weighted by Gasteiger charge is -2.31. The number of imidazole rings is 1. The number of nitrogens with two attached hydrogens (primary N) is 1. The maximum absolute atomic E-state index is 13.4. The van der Waals surface area contributed by atoms with Crippen LogP contribution in [0.5, 0.6) is 0 Å². The molecule has 1 aliphatic rings. The molecule has 0 aliphatic carbocycles. The van der Waals surface area contributed by atoms with E-state index in [2.05, 4.69) is 37.7 Å². The number of furan rings is 1. The van der Waals surface area contributed by atoms with Crippen LogP contribution < -0.4 is 21.9 Å². The number of halogens is 1. The summed E-state index contributed by atoms with van der Waals surface area (Å²) in [4.78, 5) is 33.1. The maximum atomic E-state index is 13.4. The van der Waals surface area contributed by atoms with Crippen molar-refractivity contribution in [3.8, 4) is 11.8 Å². The van der Waals surface area contributed by atoms with Gasteiger partial charge < -0.3 is 15.1 Å². The molecule has 1 atom stereocenters. The minimum atomic E-state index is -0.451. The summed E-state index contributed by atoms with van der Waals surface area (Å²) in [6, 6.07) is 3.49. The van der Waals surface area contributed by atoms with Gasteiger partial charge in [0.2, 0.25) is 5.95 Å². The molecule has 0 bridgehead atoms. The van der Waals surface area contributed by atoms with E-state index in [1.165, 1.54) is 4.57 Å². The predicted molar refractivity (Wildman–Crippen MR) is 118 cm³/mol. The number of rotatable bonds is 4. The molecule has 158 valence electrons. The highest BCUT2D eigenvalue weighted by Crippen LogP contribution is 2.23. The molecule has 1 fully saturated rings. The Hall–Kier alpha value is -2.77. The first-order valence-corrected chi connectivity index (χ1v) is 10.5. The third-order valence-electron chi connectivity index (χ3n) is 5.31. The van der Waals surface area contributed by atoms with Crippen LogP contribution in [0.1, 0.15) is 25.5 Å². The van der Waals surface area contributed by atoms with Crippen LogP contribution >= 0.6 is 15.9 Å². The standard InChI is InChI=1S/C20H23BrN6O3/c1-3-4-10-26-16-17(23-19(26)25-9-5-6-13(22)11-25)24(2)20(29)27(18(16)28)12-14-7-8-15(21)30-14/h7-8,13H,5-6,9-12,22H2,1-2H3. The molecular formula is C20H23BrN6O3. The van der Waals surface area contributed by atoms with Gasteiger partial charge in [0.25, 0.3) is 5.56 Å². The van der Waals surface area contributed by atoms with Gasteiger partial charge in [-0.25, -0.2) is 4.79 Å². The quantitative estimate of drug-likeness (QED) is 0.570. The van der Waals surface area contributed by atoms with Gasteiger partial charge >= 0.3 is 5.69 Å². The molecular weight excluding hydrogens is 452 g/mol. The Morgan fingerprint density at radius 1 is 1.33 bits per heavy atom. The van der Waals surface area contributed by atoms with Crippen LogP contribution in [0.2, 0.25) is 0 Å². The Kier molecular flexibility index (Phi) is 5.58. The van der Waals surface area contributed by atoms with Crippen LogP contribution in [0, 0.1) is 11.8 Å². The number of piperidine rings is 1. The smallest absolute Gasteiger partial charge is 0.332 e. The van der Waals surface area contributed by atoms with Crippen LogP contribution in [0.3, 0.4) is 0 Å². The van der Waals surface area contributed by atoms with Gasteiger partial charge in [-0.15, -0.1) is 5.92 Å². The molecule has 1 aliphatic heterocycles. The molecule has 3 aromatic rings. The summed E-state index contributed by atoms with van der Waals surface area (Å²) in [7, 11) is 1.62. The summed E-state index contributed by atoms with van der Waals surface area (Å²) in [5, 5.41) is 0. The van der Waals surface area contributed by atoms with E-state index in [4.69, 9.17) is 10.2 Å². The molecule has 0 aromatic carbocycles. The van der Waals surface area contributed by atoms with Crippen molar-refractivity contribution in [2.24, 2.45) is 12.8 Å². The summed E-state index contributed by atoms with van der Waals surface area (Å²) in [6.45, 7) is 3.51. The fraction of sp³-hybridized carbons (Fsp3) is 0.450. The lowest BCUT2D eigenvalue weighted by Crippen LogP contribution is -2.44. The van der Waals surface area contributed by atoms with E-state index < -0.39 is 11.2 Å². The minimum absolute atomic E-state index is 0.0294. The first-order valence-electron chi connectivity index (χ1n) is 9.75. The van der Waals surface area contributed by atoms with E-state index >= 15 is 0 Å². The van der Waals surface area contributed by atoms with Crippen molar-refractivity contribution in [2.45, 2.75) is 38.9 Å². The molecule has 2 N–H and O–H groups in total. The normalized spacial score (nSPS) is 16.7. The lowest BCUT2D eigenvalue weighted by molar-refractivity contribution is 0.463. The second kappa shape index (κ2) is 8.16. The fourth-order valence-corrected chi connectivity index (χ4v) is 4.17. The topological polar surface area (TPSA) is 104 Å². The zero-order chi connectivity index (χ0) is 21.4. The molecule has 0 saturated carbocycles. The third-order valence-corrected chi connectivity index (χ3v) is 5.74. The molecule has 0 radical (unpaired) electrons. The molecule has 9 nitrogen and oxygen atoms in total. The number of hydrogen-bond acceptors (Lipinski definition) is 6. The second-order valence-electron chi connectivity index (χ2n) is 7.38. The van der Waals surface area contributed by atoms with Crippen molar-refractivity contribution in [2.75, 3.05) is 18.0 Å². The van der Waals surface area contributed by atoms with E-state index in [1.54, 1.807) is 30.7 Å². The molecule has 30 heavy (non-hydrogen) atoms.